The molecule has 126 valence electrons. The Bertz CT molecular complexity index is 595. The predicted molar refractivity (Wildman–Crippen MR) is 87.4 cm³/mol. The summed E-state index contributed by atoms with van der Waals surface area (Å²) in [6, 6.07) is 4.04. The largest absolute Gasteiger partial charge is 0.481 e. The van der Waals surface area contributed by atoms with Crippen LogP contribution in [0, 0.1) is 0 Å². The monoisotopic (exact) mass is 406 g/mol. The minimum atomic E-state index is -0.744. The van der Waals surface area contributed by atoms with Crippen LogP contribution in [0.25, 0.3) is 0 Å². The molecule has 0 atom stereocenters. The Morgan fingerprint density at radius 3 is 2.57 bits per heavy atom. The highest BCUT2D eigenvalue weighted by atomic mass is 79.9. The van der Waals surface area contributed by atoms with Crippen molar-refractivity contribution in [1.29, 1.82) is 0 Å². The molecule has 0 saturated carbocycles. The number of amides is 3. The van der Waals surface area contributed by atoms with Crippen molar-refractivity contribution >= 4 is 45.4 Å². The van der Waals surface area contributed by atoms with Gasteiger partial charge in [-0.3, -0.25) is 10.1 Å². The van der Waals surface area contributed by atoms with E-state index in [2.05, 4.69) is 21.2 Å². The quantitative estimate of drug-likeness (QED) is 0.706. The van der Waals surface area contributed by atoms with E-state index < -0.39 is 24.5 Å². The molecular formula is C14H16BrClN2O5. The third-order valence-corrected chi connectivity index (χ3v) is 3.13. The van der Waals surface area contributed by atoms with Crippen LogP contribution >= 0.6 is 27.5 Å². The number of hydrogen-bond acceptors (Lipinski definition) is 5. The maximum Gasteiger partial charge on any atom is 0.344 e. The Labute approximate surface area is 146 Å². The van der Waals surface area contributed by atoms with E-state index in [9.17, 15) is 14.4 Å². The van der Waals surface area contributed by atoms with Crippen LogP contribution in [0.4, 0.5) is 4.79 Å². The SMILES string of the molecule is CC(C)NC(=O)NC(=O)COC(=O)COc1ccc(Cl)cc1Br. The summed E-state index contributed by atoms with van der Waals surface area (Å²) >= 11 is 9.02. The molecule has 1 aromatic carbocycles. The van der Waals surface area contributed by atoms with Crippen LogP contribution in [0.2, 0.25) is 5.02 Å². The molecule has 0 unspecified atom stereocenters. The summed E-state index contributed by atoms with van der Waals surface area (Å²) in [5.74, 6) is -1.07. The van der Waals surface area contributed by atoms with Gasteiger partial charge in [-0.1, -0.05) is 11.6 Å². The molecule has 0 spiro atoms. The maximum atomic E-state index is 11.5. The molecule has 0 aliphatic heterocycles. The van der Waals surface area contributed by atoms with Gasteiger partial charge in [-0.05, 0) is 48.0 Å². The summed E-state index contributed by atoms with van der Waals surface area (Å²) in [5.41, 5.74) is 0. The number of carbonyl (C=O) groups is 3. The first-order valence-electron chi connectivity index (χ1n) is 6.61. The normalized spacial score (nSPS) is 10.1. The lowest BCUT2D eigenvalue weighted by molar-refractivity contribution is -0.150. The Balaban J connectivity index is 2.31. The smallest absolute Gasteiger partial charge is 0.344 e. The second-order valence-corrected chi connectivity index (χ2v) is 5.99. The zero-order valence-corrected chi connectivity index (χ0v) is 14.9. The number of urea groups is 1. The van der Waals surface area contributed by atoms with Gasteiger partial charge in [0, 0.05) is 11.1 Å². The van der Waals surface area contributed by atoms with E-state index in [1.165, 1.54) is 0 Å². The van der Waals surface area contributed by atoms with E-state index in [0.717, 1.165) is 0 Å². The summed E-state index contributed by atoms with van der Waals surface area (Å²) in [6.45, 7) is 2.54. The summed E-state index contributed by atoms with van der Waals surface area (Å²) in [4.78, 5) is 34.1. The molecule has 0 aliphatic rings. The number of hydrogen-bond donors (Lipinski definition) is 2. The first kappa shape index (κ1) is 19.2. The molecule has 0 aromatic heterocycles. The van der Waals surface area contributed by atoms with Gasteiger partial charge in [0.05, 0.1) is 4.47 Å². The fourth-order valence-corrected chi connectivity index (χ4v) is 2.17. The third kappa shape index (κ3) is 7.85. The van der Waals surface area contributed by atoms with E-state index >= 15 is 0 Å². The van der Waals surface area contributed by atoms with E-state index in [1.807, 2.05) is 5.32 Å². The van der Waals surface area contributed by atoms with Gasteiger partial charge in [-0.2, -0.15) is 0 Å². The van der Waals surface area contributed by atoms with Gasteiger partial charge < -0.3 is 14.8 Å². The zero-order chi connectivity index (χ0) is 17.4. The van der Waals surface area contributed by atoms with Crippen LogP contribution in [0.3, 0.4) is 0 Å². The molecule has 0 saturated heterocycles. The van der Waals surface area contributed by atoms with E-state index in [4.69, 9.17) is 21.1 Å². The number of esters is 1. The van der Waals surface area contributed by atoms with Crippen LogP contribution in [0.15, 0.2) is 22.7 Å². The Morgan fingerprint density at radius 1 is 1.26 bits per heavy atom. The lowest BCUT2D eigenvalue weighted by Gasteiger charge is -2.10. The number of ether oxygens (including phenoxy) is 2. The van der Waals surface area contributed by atoms with Gasteiger partial charge in [0.25, 0.3) is 5.91 Å². The molecule has 7 nitrogen and oxygen atoms in total. The topological polar surface area (TPSA) is 93.7 Å². The van der Waals surface area contributed by atoms with Gasteiger partial charge in [0.2, 0.25) is 0 Å². The average molecular weight is 408 g/mol. The number of nitrogens with one attached hydrogen (secondary N) is 2. The highest BCUT2D eigenvalue weighted by molar-refractivity contribution is 9.10. The van der Waals surface area contributed by atoms with Crippen LogP contribution in [0.5, 0.6) is 5.75 Å². The number of rotatable bonds is 6. The van der Waals surface area contributed by atoms with Crippen molar-refractivity contribution in [2.75, 3.05) is 13.2 Å². The molecule has 1 aromatic rings. The van der Waals surface area contributed by atoms with Crippen molar-refractivity contribution in [3.05, 3.63) is 27.7 Å². The number of carbonyl (C=O) groups excluding carboxylic acids is 3. The highest BCUT2D eigenvalue weighted by Crippen LogP contribution is 2.27. The lowest BCUT2D eigenvalue weighted by atomic mass is 10.3. The van der Waals surface area contributed by atoms with Crippen molar-refractivity contribution in [1.82, 2.24) is 10.6 Å². The van der Waals surface area contributed by atoms with Gasteiger partial charge in [0.15, 0.2) is 13.2 Å². The van der Waals surface area contributed by atoms with E-state index in [0.29, 0.717) is 15.2 Å². The van der Waals surface area contributed by atoms with Crippen LogP contribution < -0.4 is 15.4 Å². The van der Waals surface area contributed by atoms with E-state index in [-0.39, 0.29) is 12.6 Å². The molecule has 2 N–H and O–H groups in total. The van der Waals surface area contributed by atoms with Crippen LogP contribution in [-0.4, -0.2) is 37.2 Å². The van der Waals surface area contributed by atoms with E-state index in [1.54, 1.807) is 32.0 Å². The summed E-state index contributed by atoms with van der Waals surface area (Å²) in [7, 11) is 0. The van der Waals surface area contributed by atoms with Crippen molar-refractivity contribution in [2.45, 2.75) is 19.9 Å². The minimum absolute atomic E-state index is 0.114. The standard InChI is InChI=1S/C14H16BrClN2O5/c1-8(2)17-14(21)18-12(19)6-23-13(20)7-22-11-4-3-9(16)5-10(11)15/h3-5,8H,6-7H2,1-2H3,(H2,17,18,19,21). The Morgan fingerprint density at radius 2 is 1.96 bits per heavy atom. The minimum Gasteiger partial charge on any atom is -0.481 e. The fraction of sp³-hybridized carbons (Fsp3) is 0.357. The zero-order valence-electron chi connectivity index (χ0n) is 12.5. The van der Waals surface area contributed by atoms with Gasteiger partial charge >= 0.3 is 12.0 Å². The fourth-order valence-electron chi connectivity index (χ4n) is 1.38. The molecule has 9 heteroatoms. The molecule has 0 fully saturated rings. The summed E-state index contributed by atoms with van der Waals surface area (Å²) in [5, 5.41) is 5.01. The second kappa shape index (κ2) is 9.36. The molecule has 0 aliphatic carbocycles. The summed E-state index contributed by atoms with van der Waals surface area (Å²) < 4.78 is 10.5. The molecular weight excluding hydrogens is 392 g/mol. The molecule has 3 amide bonds. The first-order chi connectivity index (χ1) is 10.8. The molecule has 1 rings (SSSR count). The maximum absolute atomic E-state index is 11.5. The molecule has 23 heavy (non-hydrogen) atoms. The summed E-state index contributed by atoms with van der Waals surface area (Å²) in [6.07, 6.45) is 0. The van der Waals surface area contributed by atoms with Gasteiger partial charge in [-0.15, -0.1) is 0 Å². The Hall–Kier alpha value is -1.80. The van der Waals surface area contributed by atoms with Crippen LogP contribution in [0.1, 0.15) is 13.8 Å². The molecule has 0 heterocycles. The number of imide groups is 1. The number of benzene rings is 1. The van der Waals surface area contributed by atoms with Crippen molar-refractivity contribution in [2.24, 2.45) is 0 Å². The van der Waals surface area contributed by atoms with Crippen molar-refractivity contribution < 1.29 is 23.9 Å². The van der Waals surface area contributed by atoms with Gasteiger partial charge in [-0.25, -0.2) is 9.59 Å². The molecule has 0 radical (unpaired) electrons. The highest BCUT2D eigenvalue weighted by Gasteiger charge is 2.12. The number of halogens is 2. The lowest BCUT2D eigenvalue weighted by Crippen LogP contribution is -2.44. The molecule has 0 bridgehead atoms. The van der Waals surface area contributed by atoms with Crippen LogP contribution in [-0.2, 0) is 14.3 Å². The van der Waals surface area contributed by atoms with Crippen molar-refractivity contribution in [3.63, 3.8) is 0 Å². The average Bonchev–Trinajstić information content (AvgIpc) is 2.43. The van der Waals surface area contributed by atoms with Crippen molar-refractivity contribution in [3.8, 4) is 5.75 Å². The first-order valence-corrected chi connectivity index (χ1v) is 7.79. The van der Waals surface area contributed by atoms with Gasteiger partial charge in [0.1, 0.15) is 5.75 Å². The Kier molecular flexibility index (Phi) is 7.84. The predicted octanol–water partition coefficient (Wildman–Crippen LogP) is 2.26. The second-order valence-electron chi connectivity index (χ2n) is 4.70. The third-order valence-electron chi connectivity index (χ3n) is 2.28.